The minimum atomic E-state index is -0.293. The molecule has 0 aliphatic heterocycles. The minimum Gasteiger partial charge on any atom is -0.275 e. The molecule has 0 saturated carbocycles. The Hall–Kier alpha value is -1.29. The standard InChI is InChI=1S/C14H10Cl3FN2/c1-8(9-2-4-11(18)5-3-9)19-20-14-12(16)6-10(15)7-13(14)17/h2-7,20H,1H3. The molecule has 20 heavy (non-hydrogen) atoms. The van der Waals surface area contributed by atoms with Crippen LogP contribution in [0.25, 0.3) is 0 Å². The van der Waals surface area contributed by atoms with Gasteiger partial charge >= 0.3 is 0 Å². The third kappa shape index (κ3) is 3.63. The number of hydrazone groups is 1. The first-order valence-electron chi connectivity index (χ1n) is 5.68. The molecule has 104 valence electrons. The average molecular weight is 332 g/mol. The molecule has 0 bridgehead atoms. The first-order chi connectivity index (χ1) is 9.47. The van der Waals surface area contributed by atoms with E-state index < -0.39 is 0 Å². The molecule has 0 atom stereocenters. The van der Waals surface area contributed by atoms with Crippen LogP contribution in [0.4, 0.5) is 10.1 Å². The molecule has 2 nitrogen and oxygen atoms in total. The summed E-state index contributed by atoms with van der Waals surface area (Å²) < 4.78 is 12.8. The highest BCUT2D eigenvalue weighted by atomic mass is 35.5. The Balaban J connectivity index is 2.23. The van der Waals surface area contributed by atoms with E-state index in [2.05, 4.69) is 10.5 Å². The van der Waals surface area contributed by atoms with Crippen molar-refractivity contribution in [3.8, 4) is 0 Å². The van der Waals surface area contributed by atoms with Crippen LogP contribution < -0.4 is 5.43 Å². The Morgan fingerprint density at radius 2 is 1.60 bits per heavy atom. The van der Waals surface area contributed by atoms with E-state index in [-0.39, 0.29) is 5.82 Å². The van der Waals surface area contributed by atoms with Gasteiger partial charge in [0.2, 0.25) is 0 Å². The number of benzene rings is 2. The molecule has 0 fully saturated rings. The first-order valence-corrected chi connectivity index (χ1v) is 6.81. The Kier molecular flexibility index (Phi) is 4.86. The summed E-state index contributed by atoms with van der Waals surface area (Å²) in [5.41, 5.74) is 4.73. The van der Waals surface area contributed by atoms with E-state index in [9.17, 15) is 4.39 Å². The smallest absolute Gasteiger partial charge is 0.123 e. The first kappa shape index (κ1) is 15.1. The van der Waals surface area contributed by atoms with Crippen LogP contribution in [0.15, 0.2) is 41.5 Å². The summed E-state index contributed by atoms with van der Waals surface area (Å²) in [4.78, 5) is 0. The summed E-state index contributed by atoms with van der Waals surface area (Å²) in [7, 11) is 0. The molecule has 0 amide bonds. The Morgan fingerprint density at radius 1 is 1.05 bits per heavy atom. The lowest BCUT2D eigenvalue weighted by Gasteiger charge is -2.08. The molecule has 0 aromatic heterocycles. The van der Waals surface area contributed by atoms with Gasteiger partial charge in [0.1, 0.15) is 5.82 Å². The molecule has 0 heterocycles. The van der Waals surface area contributed by atoms with Crippen LogP contribution in [-0.2, 0) is 0 Å². The predicted molar refractivity (Wildman–Crippen MR) is 83.7 cm³/mol. The van der Waals surface area contributed by atoms with Crippen LogP contribution in [0.2, 0.25) is 15.1 Å². The van der Waals surface area contributed by atoms with Crippen LogP contribution in [0, 0.1) is 5.82 Å². The zero-order valence-corrected chi connectivity index (χ0v) is 12.7. The predicted octanol–water partition coefficient (Wildman–Crippen LogP) is 5.62. The van der Waals surface area contributed by atoms with Gasteiger partial charge in [0.25, 0.3) is 0 Å². The fourth-order valence-electron chi connectivity index (χ4n) is 1.54. The fourth-order valence-corrected chi connectivity index (χ4v) is 2.45. The van der Waals surface area contributed by atoms with Gasteiger partial charge in [0.15, 0.2) is 0 Å². The van der Waals surface area contributed by atoms with Gasteiger partial charge in [-0.2, -0.15) is 5.10 Å². The second-order valence-corrected chi connectivity index (χ2v) is 5.31. The van der Waals surface area contributed by atoms with Gasteiger partial charge in [-0.05, 0) is 36.8 Å². The maximum atomic E-state index is 12.8. The van der Waals surface area contributed by atoms with Crippen molar-refractivity contribution >= 4 is 46.2 Å². The van der Waals surface area contributed by atoms with Crippen molar-refractivity contribution in [3.05, 3.63) is 62.8 Å². The van der Waals surface area contributed by atoms with Gasteiger partial charge in [0.05, 0.1) is 21.4 Å². The summed E-state index contributed by atoms with van der Waals surface area (Å²) in [6.07, 6.45) is 0. The average Bonchev–Trinajstić information content (AvgIpc) is 2.38. The highest BCUT2D eigenvalue weighted by molar-refractivity contribution is 6.41. The second kappa shape index (κ2) is 6.44. The van der Waals surface area contributed by atoms with Crippen LogP contribution in [0.5, 0.6) is 0 Å². The summed E-state index contributed by atoms with van der Waals surface area (Å²) in [6, 6.07) is 9.16. The molecule has 0 radical (unpaired) electrons. The summed E-state index contributed by atoms with van der Waals surface area (Å²) in [5.74, 6) is -0.293. The number of anilines is 1. The molecule has 2 aromatic rings. The van der Waals surface area contributed by atoms with Gasteiger partial charge in [-0.1, -0.05) is 46.9 Å². The Bertz CT molecular complexity index is 631. The molecule has 0 saturated heterocycles. The topological polar surface area (TPSA) is 24.4 Å². The summed E-state index contributed by atoms with van der Waals surface area (Å²) >= 11 is 17.9. The van der Waals surface area contributed by atoms with Gasteiger partial charge in [-0.25, -0.2) is 4.39 Å². The lowest BCUT2D eigenvalue weighted by atomic mass is 10.1. The van der Waals surface area contributed by atoms with E-state index in [4.69, 9.17) is 34.8 Å². The van der Waals surface area contributed by atoms with Gasteiger partial charge < -0.3 is 0 Å². The van der Waals surface area contributed by atoms with E-state index in [1.54, 1.807) is 31.2 Å². The van der Waals surface area contributed by atoms with E-state index >= 15 is 0 Å². The van der Waals surface area contributed by atoms with Crippen molar-refractivity contribution in [1.29, 1.82) is 0 Å². The lowest BCUT2D eigenvalue weighted by molar-refractivity contribution is 0.628. The molecule has 0 aliphatic carbocycles. The molecule has 2 rings (SSSR count). The van der Waals surface area contributed by atoms with Crippen LogP contribution in [-0.4, -0.2) is 5.71 Å². The largest absolute Gasteiger partial charge is 0.275 e. The SMILES string of the molecule is CC(=NNc1c(Cl)cc(Cl)cc1Cl)c1ccc(F)cc1. The zero-order chi connectivity index (χ0) is 14.7. The van der Waals surface area contributed by atoms with Crippen molar-refractivity contribution in [2.24, 2.45) is 5.10 Å². The van der Waals surface area contributed by atoms with E-state index in [0.29, 0.717) is 26.5 Å². The second-order valence-electron chi connectivity index (χ2n) is 4.06. The van der Waals surface area contributed by atoms with Gasteiger partial charge in [-0.15, -0.1) is 0 Å². The van der Waals surface area contributed by atoms with Crippen molar-refractivity contribution in [3.63, 3.8) is 0 Å². The highest BCUT2D eigenvalue weighted by Crippen LogP contribution is 2.33. The summed E-state index contributed by atoms with van der Waals surface area (Å²) in [5, 5.41) is 5.37. The van der Waals surface area contributed by atoms with Crippen LogP contribution in [0.3, 0.4) is 0 Å². The molecule has 2 aromatic carbocycles. The number of hydrogen-bond donors (Lipinski definition) is 1. The molecule has 0 unspecified atom stereocenters. The number of rotatable bonds is 3. The fraction of sp³-hybridized carbons (Fsp3) is 0.0714. The maximum Gasteiger partial charge on any atom is 0.123 e. The number of nitrogens with zero attached hydrogens (tertiary/aromatic N) is 1. The molecular weight excluding hydrogens is 322 g/mol. The van der Waals surface area contributed by atoms with Crippen LogP contribution >= 0.6 is 34.8 Å². The summed E-state index contributed by atoms with van der Waals surface area (Å²) in [6.45, 7) is 1.79. The zero-order valence-electron chi connectivity index (χ0n) is 10.4. The third-order valence-electron chi connectivity index (χ3n) is 2.60. The Labute approximate surface area is 131 Å². The van der Waals surface area contributed by atoms with Crippen LogP contribution in [0.1, 0.15) is 12.5 Å². The van der Waals surface area contributed by atoms with Crippen molar-refractivity contribution in [1.82, 2.24) is 0 Å². The van der Waals surface area contributed by atoms with E-state index in [1.165, 1.54) is 12.1 Å². The molecule has 0 aliphatic rings. The van der Waals surface area contributed by atoms with E-state index in [0.717, 1.165) is 5.56 Å². The van der Waals surface area contributed by atoms with Gasteiger partial charge in [-0.3, -0.25) is 5.43 Å². The molecule has 0 spiro atoms. The highest BCUT2D eigenvalue weighted by Gasteiger charge is 2.07. The normalized spacial score (nSPS) is 11.6. The molecular formula is C14H10Cl3FN2. The number of halogens is 4. The van der Waals surface area contributed by atoms with Gasteiger partial charge in [0, 0.05) is 5.02 Å². The van der Waals surface area contributed by atoms with Crippen molar-refractivity contribution < 1.29 is 4.39 Å². The maximum absolute atomic E-state index is 12.8. The molecule has 1 N–H and O–H groups in total. The number of nitrogens with one attached hydrogen (secondary N) is 1. The Morgan fingerprint density at radius 3 is 2.15 bits per heavy atom. The minimum absolute atomic E-state index is 0.293. The van der Waals surface area contributed by atoms with E-state index in [1.807, 2.05) is 0 Å². The van der Waals surface area contributed by atoms with Crippen molar-refractivity contribution in [2.45, 2.75) is 6.92 Å². The molecule has 6 heteroatoms. The lowest BCUT2D eigenvalue weighted by Crippen LogP contribution is -2.00. The third-order valence-corrected chi connectivity index (χ3v) is 3.42. The monoisotopic (exact) mass is 330 g/mol. The quantitative estimate of drug-likeness (QED) is 0.572. The number of hydrogen-bond acceptors (Lipinski definition) is 2. The van der Waals surface area contributed by atoms with Crippen molar-refractivity contribution in [2.75, 3.05) is 5.43 Å².